The number of benzene rings is 1. The van der Waals surface area contributed by atoms with Crippen molar-refractivity contribution in [1.29, 1.82) is 0 Å². The molecule has 0 saturated carbocycles. The van der Waals surface area contributed by atoms with Crippen LogP contribution in [0.25, 0.3) is 0 Å². The highest BCUT2D eigenvalue weighted by Gasteiger charge is 2.18. The second-order valence-corrected chi connectivity index (χ2v) is 6.21. The van der Waals surface area contributed by atoms with Gasteiger partial charge in [0.05, 0.1) is 19.1 Å². The Morgan fingerprint density at radius 2 is 2.07 bits per heavy atom. The molecule has 0 heterocycles. The summed E-state index contributed by atoms with van der Waals surface area (Å²) in [4.78, 5) is 10.0. The smallest absolute Gasteiger partial charge is 0.258 e. The number of nitro groups is 1. The number of nitrogens with zero attached hydrogens (tertiary/aromatic N) is 1. The van der Waals surface area contributed by atoms with Gasteiger partial charge in [-0.1, -0.05) is 6.92 Å². The second kappa shape index (κ2) is 4.44. The van der Waals surface area contributed by atoms with E-state index in [0.717, 1.165) is 6.07 Å². The zero-order valence-electron chi connectivity index (χ0n) is 7.81. The lowest BCUT2D eigenvalue weighted by molar-refractivity contribution is -0.386. The van der Waals surface area contributed by atoms with E-state index in [2.05, 4.69) is 0 Å². The van der Waals surface area contributed by atoms with E-state index in [0.29, 0.717) is 3.57 Å². The van der Waals surface area contributed by atoms with Crippen LogP contribution in [-0.2, 0) is 9.84 Å². The van der Waals surface area contributed by atoms with Gasteiger partial charge in [-0.25, -0.2) is 8.42 Å². The van der Waals surface area contributed by atoms with Gasteiger partial charge < -0.3 is 0 Å². The van der Waals surface area contributed by atoms with Gasteiger partial charge in [-0.05, 0) is 34.7 Å². The monoisotopic (exact) mass is 341 g/mol. The Bertz CT molecular complexity index is 497. The molecule has 0 aromatic heterocycles. The molecule has 0 saturated heterocycles. The summed E-state index contributed by atoms with van der Waals surface area (Å²) in [7, 11) is -3.38. The highest BCUT2D eigenvalue weighted by Crippen LogP contribution is 2.24. The fourth-order valence-corrected chi connectivity index (χ4v) is 2.42. The van der Waals surface area contributed by atoms with Crippen molar-refractivity contribution in [3.63, 3.8) is 0 Å². The van der Waals surface area contributed by atoms with Crippen LogP contribution in [0.1, 0.15) is 6.92 Å². The first-order valence-corrected chi connectivity index (χ1v) is 6.78. The largest absolute Gasteiger partial charge is 0.283 e. The minimum absolute atomic E-state index is 0.00267. The van der Waals surface area contributed by atoms with Gasteiger partial charge in [0.25, 0.3) is 5.69 Å². The van der Waals surface area contributed by atoms with E-state index < -0.39 is 14.8 Å². The predicted molar refractivity (Wildman–Crippen MR) is 63.5 cm³/mol. The third kappa shape index (κ3) is 2.65. The predicted octanol–water partition coefficient (Wildman–Crippen LogP) is 1.99. The molecule has 1 rings (SSSR count). The van der Waals surface area contributed by atoms with Gasteiger partial charge in [-0.3, -0.25) is 10.1 Å². The van der Waals surface area contributed by atoms with Gasteiger partial charge in [0.1, 0.15) is 0 Å². The first-order valence-electron chi connectivity index (χ1n) is 4.05. The number of sulfone groups is 1. The van der Waals surface area contributed by atoms with Crippen LogP contribution in [0.2, 0.25) is 0 Å². The Balaban J connectivity index is 3.38. The lowest BCUT2D eigenvalue weighted by atomic mass is 10.3. The topological polar surface area (TPSA) is 77.3 Å². The molecule has 0 aliphatic heterocycles. The second-order valence-electron chi connectivity index (χ2n) is 2.77. The standard InChI is InChI=1S/C8H8INO4S/c1-2-15(13,14)6-3-4-7(9)8(5-6)10(11)12/h3-5H,2H2,1H3. The molecule has 15 heavy (non-hydrogen) atoms. The van der Waals surface area contributed by atoms with Crippen LogP contribution in [0.4, 0.5) is 5.69 Å². The Hall–Kier alpha value is -0.700. The molecule has 1 aromatic rings. The normalized spacial score (nSPS) is 11.3. The van der Waals surface area contributed by atoms with Gasteiger partial charge in [0.15, 0.2) is 9.84 Å². The molecular formula is C8H8INO4S. The van der Waals surface area contributed by atoms with Crippen molar-refractivity contribution in [2.24, 2.45) is 0 Å². The van der Waals surface area contributed by atoms with E-state index >= 15 is 0 Å². The van der Waals surface area contributed by atoms with Crippen molar-refractivity contribution in [2.45, 2.75) is 11.8 Å². The lowest BCUT2D eigenvalue weighted by Gasteiger charge is -2.01. The number of hydrogen-bond donors (Lipinski definition) is 0. The van der Waals surface area contributed by atoms with Gasteiger partial charge in [-0.15, -0.1) is 0 Å². The minimum Gasteiger partial charge on any atom is -0.258 e. The molecule has 0 atom stereocenters. The van der Waals surface area contributed by atoms with Crippen LogP contribution in [0.15, 0.2) is 23.1 Å². The summed E-state index contributed by atoms with van der Waals surface area (Å²) >= 11 is 1.80. The number of hydrogen-bond acceptors (Lipinski definition) is 4. The summed E-state index contributed by atoms with van der Waals surface area (Å²) in [6.07, 6.45) is 0. The van der Waals surface area contributed by atoms with Crippen molar-refractivity contribution >= 4 is 38.1 Å². The zero-order chi connectivity index (χ0) is 11.6. The fraction of sp³-hybridized carbons (Fsp3) is 0.250. The fourth-order valence-electron chi connectivity index (χ4n) is 0.993. The first kappa shape index (κ1) is 12.4. The van der Waals surface area contributed by atoms with Crippen LogP contribution in [0.3, 0.4) is 0 Å². The molecule has 0 unspecified atom stereocenters. The van der Waals surface area contributed by atoms with E-state index in [4.69, 9.17) is 0 Å². The van der Waals surface area contributed by atoms with Crippen molar-refractivity contribution in [3.05, 3.63) is 31.9 Å². The Labute approximate surface area is 101 Å². The maximum Gasteiger partial charge on any atom is 0.283 e. The summed E-state index contributed by atoms with van der Waals surface area (Å²) < 4.78 is 23.3. The van der Waals surface area contributed by atoms with Crippen LogP contribution in [0.5, 0.6) is 0 Å². The van der Waals surface area contributed by atoms with Crippen LogP contribution in [-0.4, -0.2) is 19.1 Å². The molecule has 82 valence electrons. The highest BCUT2D eigenvalue weighted by molar-refractivity contribution is 14.1. The summed E-state index contributed by atoms with van der Waals surface area (Å²) in [5.74, 6) is -0.0647. The molecule has 0 N–H and O–H groups in total. The molecular weight excluding hydrogens is 333 g/mol. The zero-order valence-corrected chi connectivity index (χ0v) is 10.8. The first-order chi connectivity index (χ1) is 6.88. The van der Waals surface area contributed by atoms with Crippen molar-refractivity contribution < 1.29 is 13.3 Å². The quantitative estimate of drug-likeness (QED) is 0.479. The van der Waals surface area contributed by atoms with Gasteiger partial charge in [0, 0.05) is 6.07 Å². The number of rotatable bonds is 3. The Morgan fingerprint density at radius 3 is 2.53 bits per heavy atom. The van der Waals surface area contributed by atoms with E-state index in [1.165, 1.54) is 19.1 Å². The van der Waals surface area contributed by atoms with Gasteiger partial charge in [-0.2, -0.15) is 0 Å². The third-order valence-electron chi connectivity index (χ3n) is 1.85. The summed E-state index contributed by atoms with van der Waals surface area (Å²) in [6.45, 7) is 1.50. The van der Waals surface area contributed by atoms with Crippen LogP contribution >= 0.6 is 22.6 Å². The number of halogens is 1. The lowest BCUT2D eigenvalue weighted by Crippen LogP contribution is -2.04. The van der Waals surface area contributed by atoms with E-state index in [1.54, 1.807) is 22.6 Å². The van der Waals surface area contributed by atoms with E-state index in [9.17, 15) is 18.5 Å². The molecule has 0 aliphatic rings. The molecule has 0 radical (unpaired) electrons. The van der Waals surface area contributed by atoms with Crippen LogP contribution < -0.4 is 0 Å². The Morgan fingerprint density at radius 1 is 1.47 bits per heavy atom. The molecule has 0 fully saturated rings. The van der Waals surface area contributed by atoms with Crippen molar-refractivity contribution in [3.8, 4) is 0 Å². The summed E-state index contributed by atoms with van der Waals surface area (Å²) in [5, 5.41) is 10.6. The average molecular weight is 341 g/mol. The molecule has 5 nitrogen and oxygen atoms in total. The SMILES string of the molecule is CCS(=O)(=O)c1ccc(I)c([N+](=O)[O-])c1. The van der Waals surface area contributed by atoms with Gasteiger partial charge >= 0.3 is 0 Å². The summed E-state index contributed by atoms with van der Waals surface area (Å²) in [6, 6.07) is 3.91. The van der Waals surface area contributed by atoms with E-state index in [-0.39, 0.29) is 16.3 Å². The highest BCUT2D eigenvalue weighted by atomic mass is 127. The molecule has 0 bridgehead atoms. The van der Waals surface area contributed by atoms with E-state index in [1.807, 2.05) is 0 Å². The maximum absolute atomic E-state index is 11.5. The van der Waals surface area contributed by atoms with Gasteiger partial charge in [0.2, 0.25) is 0 Å². The third-order valence-corrected chi connectivity index (χ3v) is 4.50. The summed E-state index contributed by atoms with van der Waals surface area (Å²) in [5.41, 5.74) is -0.176. The molecule has 0 aliphatic carbocycles. The maximum atomic E-state index is 11.5. The molecule has 1 aromatic carbocycles. The number of nitro benzene ring substituents is 1. The average Bonchev–Trinajstić information content (AvgIpc) is 2.17. The van der Waals surface area contributed by atoms with Crippen molar-refractivity contribution in [1.82, 2.24) is 0 Å². The molecule has 0 amide bonds. The Kier molecular flexibility index (Phi) is 3.66. The van der Waals surface area contributed by atoms with Crippen LogP contribution in [0, 0.1) is 13.7 Å². The molecule has 7 heteroatoms. The minimum atomic E-state index is -3.38. The van der Waals surface area contributed by atoms with Crippen molar-refractivity contribution in [2.75, 3.05) is 5.75 Å². The molecule has 0 spiro atoms.